The lowest BCUT2D eigenvalue weighted by Crippen LogP contribution is -2.32. The Kier molecular flexibility index (Phi) is 4.39. The van der Waals surface area contributed by atoms with Gasteiger partial charge in [-0.1, -0.05) is 24.3 Å². The van der Waals surface area contributed by atoms with E-state index in [4.69, 9.17) is 4.42 Å². The van der Waals surface area contributed by atoms with Crippen LogP contribution in [0.2, 0.25) is 0 Å². The number of aromatic amines is 1. The zero-order valence-electron chi connectivity index (χ0n) is 13.6. The first-order chi connectivity index (χ1) is 12.3. The molecule has 3 heterocycles. The Balaban J connectivity index is 1.57. The van der Waals surface area contributed by atoms with Crippen molar-refractivity contribution >= 4 is 28.1 Å². The highest BCUT2D eigenvalue weighted by Gasteiger charge is 2.19. The van der Waals surface area contributed by atoms with Gasteiger partial charge in [-0.15, -0.1) is 11.3 Å². The van der Waals surface area contributed by atoms with Crippen molar-refractivity contribution in [3.05, 3.63) is 82.6 Å². The number of rotatable bonds is 6. The van der Waals surface area contributed by atoms with Crippen molar-refractivity contribution < 1.29 is 9.21 Å². The summed E-state index contributed by atoms with van der Waals surface area (Å²) in [4.78, 5) is 19.4. The van der Waals surface area contributed by atoms with E-state index < -0.39 is 0 Å². The topological polar surface area (TPSA) is 49.2 Å². The van der Waals surface area contributed by atoms with Gasteiger partial charge < -0.3 is 14.3 Å². The van der Waals surface area contributed by atoms with Gasteiger partial charge in [0, 0.05) is 22.3 Å². The van der Waals surface area contributed by atoms with Gasteiger partial charge in [0.25, 0.3) is 5.91 Å². The van der Waals surface area contributed by atoms with Crippen LogP contribution in [-0.2, 0) is 13.0 Å². The predicted octanol–water partition coefficient (Wildman–Crippen LogP) is 4.71. The van der Waals surface area contributed by atoms with Crippen molar-refractivity contribution in [2.24, 2.45) is 0 Å². The van der Waals surface area contributed by atoms with E-state index in [0.717, 1.165) is 23.1 Å². The molecule has 0 saturated carbocycles. The van der Waals surface area contributed by atoms with Gasteiger partial charge in [-0.2, -0.15) is 0 Å². The minimum atomic E-state index is -0.0100. The molecule has 0 atom stereocenters. The highest BCUT2D eigenvalue weighted by molar-refractivity contribution is 7.09. The number of hydrogen-bond acceptors (Lipinski definition) is 3. The van der Waals surface area contributed by atoms with Crippen molar-refractivity contribution in [3.8, 4) is 0 Å². The summed E-state index contributed by atoms with van der Waals surface area (Å²) in [5.41, 5.74) is 1.58. The lowest BCUT2D eigenvalue weighted by Gasteiger charge is -2.20. The lowest BCUT2D eigenvalue weighted by atomic mass is 10.2. The maximum absolute atomic E-state index is 13.1. The molecule has 1 amide bonds. The van der Waals surface area contributed by atoms with Crippen LogP contribution in [0, 0.1) is 0 Å². The van der Waals surface area contributed by atoms with Crippen LogP contribution < -0.4 is 0 Å². The molecule has 0 aliphatic rings. The maximum Gasteiger partial charge on any atom is 0.270 e. The number of amides is 1. The number of nitrogens with zero attached hydrogens (tertiary/aromatic N) is 1. The number of furan rings is 1. The van der Waals surface area contributed by atoms with Crippen LogP contribution in [0.1, 0.15) is 21.1 Å². The minimum Gasteiger partial charge on any atom is -0.467 e. The summed E-state index contributed by atoms with van der Waals surface area (Å²) < 4.78 is 5.44. The summed E-state index contributed by atoms with van der Waals surface area (Å²) in [5, 5.41) is 3.10. The van der Waals surface area contributed by atoms with Crippen molar-refractivity contribution in [2.75, 3.05) is 6.54 Å². The van der Waals surface area contributed by atoms with Gasteiger partial charge in [0.15, 0.2) is 0 Å². The number of hydrogen-bond donors (Lipinski definition) is 1. The molecule has 1 N–H and O–H groups in total. The van der Waals surface area contributed by atoms with Crippen molar-refractivity contribution in [2.45, 2.75) is 13.0 Å². The summed E-state index contributed by atoms with van der Waals surface area (Å²) in [6, 6.07) is 17.7. The highest BCUT2D eigenvalue weighted by Crippen LogP contribution is 2.18. The number of aromatic nitrogens is 1. The molecular formula is C20H18N2O2S. The number of H-pyrrole nitrogens is 1. The second-order valence-corrected chi connectivity index (χ2v) is 6.94. The van der Waals surface area contributed by atoms with E-state index in [9.17, 15) is 4.79 Å². The number of fused-ring (bicyclic) bond motifs is 1. The second-order valence-electron chi connectivity index (χ2n) is 5.91. The monoisotopic (exact) mass is 350 g/mol. The van der Waals surface area contributed by atoms with E-state index >= 15 is 0 Å². The number of benzene rings is 1. The summed E-state index contributed by atoms with van der Waals surface area (Å²) in [7, 11) is 0. The molecule has 0 fully saturated rings. The molecule has 0 saturated heterocycles. The lowest BCUT2D eigenvalue weighted by molar-refractivity contribution is 0.0729. The Bertz CT molecular complexity index is 922. The maximum atomic E-state index is 13.1. The molecule has 0 radical (unpaired) electrons. The molecule has 25 heavy (non-hydrogen) atoms. The third-order valence-corrected chi connectivity index (χ3v) is 5.12. The van der Waals surface area contributed by atoms with E-state index in [2.05, 4.69) is 16.4 Å². The van der Waals surface area contributed by atoms with Crippen molar-refractivity contribution in [1.82, 2.24) is 9.88 Å². The molecular weight excluding hydrogens is 332 g/mol. The second kappa shape index (κ2) is 6.99. The number of nitrogens with one attached hydrogen (secondary N) is 1. The minimum absolute atomic E-state index is 0.0100. The van der Waals surface area contributed by atoms with Crippen LogP contribution in [0.4, 0.5) is 0 Å². The van der Waals surface area contributed by atoms with Gasteiger partial charge >= 0.3 is 0 Å². The Morgan fingerprint density at radius 3 is 2.80 bits per heavy atom. The standard InChI is InChI=1S/C20H18N2O2S/c23-20(19-13-15-5-1-2-8-18(15)21-19)22(14-16-6-3-11-24-16)10-9-17-7-4-12-25-17/h1-8,11-13,21H,9-10,14H2. The third kappa shape index (κ3) is 3.51. The summed E-state index contributed by atoms with van der Waals surface area (Å²) >= 11 is 1.71. The summed E-state index contributed by atoms with van der Waals surface area (Å²) in [6.45, 7) is 1.11. The van der Waals surface area contributed by atoms with Crippen LogP contribution >= 0.6 is 11.3 Å². The Morgan fingerprint density at radius 1 is 1.12 bits per heavy atom. The smallest absolute Gasteiger partial charge is 0.270 e. The molecule has 0 aliphatic heterocycles. The molecule has 5 heteroatoms. The fourth-order valence-corrected chi connectivity index (χ4v) is 3.60. The van der Waals surface area contributed by atoms with E-state index in [1.54, 1.807) is 17.6 Å². The Hall–Kier alpha value is -2.79. The van der Waals surface area contributed by atoms with E-state index in [1.165, 1.54) is 4.88 Å². The fourth-order valence-electron chi connectivity index (χ4n) is 2.90. The summed E-state index contributed by atoms with van der Waals surface area (Å²) in [5.74, 6) is 0.778. The SMILES string of the molecule is O=C(c1cc2ccccc2[nH]1)N(CCc1cccs1)Cc1ccco1. The van der Waals surface area contributed by atoms with Gasteiger partial charge in [-0.05, 0) is 42.1 Å². The highest BCUT2D eigenvalue weighted by atomic mass is 32.1. The number of carbonyl (C=O) groups excluding carboxylic acids is 1. The fraction of sp³-hybridized carbons (Fsp3) is 0.150. The Labute approximate surface area is 149 Å². The predicted molar refractivity (Wildman–Crippen MR) is 99.8 cm³/mol. The first-order valence-electron chi connectivity index (χ1n) is 8.21. The van der Waals surface area contributed by atoms with E-state index in [1.807, 2.05) is 53.4 Å². The molecule has 4 aromatic rings. The molecule has 4 nitrogen and oxygen atoms in total. The quantitative estimate of drug-likeness (QED) is 0.547. The summed E-state index contributed by atoms with van der Waals surface area (Å²) in [6.07, 6.45) is 2.48. The molecule has 0 spiro atoms. The van der Waals surface area contributed by atoms with Crippen LogP contribution in [0.25, 0.3) is 10.9 Å². The van der Waals surface area contributed by atoms with Crippen LogP contribution in [0.15, 0.2) is 70.7 Å². The van der Waals surface area contributed by atoms with Gasteiger partial charge in [-0.25, -0.2) is 0 Å². The average Bonchev–Trinajstić information content (AvgIpc) is 3.39. The largest absolute Gasteiger partial charge is 0.467 e. The zero-order chi connectivity index (χ0) is 17.1. The number of para-hydroxylation sites is 1. The van der Waals surface area contributed by atoms with Gasteiger partial charge in [-0.3, -0.25) is 4.79 Å². The first kappa shape index (κ1) is 15.7. The van der Waals surface area contributed by atoms with Gasteiger partial charge in [0.2, 0.25) is 0 Å². The normalized spacial score (nSPS) is 11.0. The first-order valence-corrected chi connectivity index (χ1v) is 9.09. The van der Waals surface area contributed by atoms with Gasteiger partial charge in [0.05, 0.1) is 12.8 Å². The number of carbonyl (C=O) groups is 1. The zero-order valence-corrected chi connectivity index (χ0v) is 14.5. The average molecular weight is 350 g/mol. The third-order valence-electron chi connectivity index (χ3n) is 4.18. The van der Waals surface area contributed by atoms with Crippen LogP contribution in [0.5, 0.6) is 0 Å². The van der Waals surface area contributed by atoms with Gasteiger partial charge in [0.1, 0.15) is 11.5 Å². The molecule has 0 unspecified atom stereocenters. The number of thiophene rings is 1. The van der Waals surface area contributed by atoms with E-state index in [-0.39, 0.29) is 5.91 Å². The molecule has 4 rings (SSSR count). The Morgan fingerprint density at radius 2 is 2.04 bits per heavy atom. The molecule has 126 valence electrons. The van der Waals surface area contributed by atoms with E-state index in [0.29, 0.717) is 18.8 Å². The van der Waals surface area contributed by atoms with Crippen LogP contribution in [-0.4, -0.2) is 22.3 Å². The molecule has 1 aromatic carbocycles. The molecule has 0 bridgehead atoms. The van der Waals surface area contributed by atoms with Crippen molar-refractivity contribution in [3.63, 3.8) is 0 Å². The molecule has 0 aliphatic carbocycles. The van der Waals surface area contributed by atoms with Crippen LogP contribution in [0.3, 0.4) is 0 Å². The molecule has 3 aromatic heterocycles. The van der Waals surface area contributed by atoms with Crippen molar-refractivity contribution in [1.29, 1.82) is 0 Å².